The summed E-state index contributed by atoms with van der Waals surface area (Å²) in [6, 6.07) is 0. The van der Waals surface area contributed by atoms with E-state index >= 15 is 0 Å². The summed E-state index contributed by atoms with van der Waals surface area (Å²) in [6.07, 6.45) is 7.74. The van der Waals surface area contributed by atoms with E-state index in [1.54, 1.807) is 0 Å². The fourth-order valence-corrected chi connectivity index (χ4v) is 5.23. The Kier molecular flexibility index (Phi) is 12.6. The highest BCUT2D eigenvalue weighted by molar-refractivity contribution is 5.79. The number of carbonyl (C=O) groups is 1. The Morgan fingerprint density at radius 2 is 1.87 bits per heavy atom. The highest BCUT2D eigenvalue weighted by Gasteiger charge is 2.36. The molecule has 0 spiro atoms. The largest absolute Gasteiger partial charge is 0.394 e. The van der Waals surface area contributed by atoms with Gasteiger partial charge in [0.05, 0.1) is 19.3 Å². The maximum Gasteiger partial charge on any atom is 0.223 e. The second-order valence-electron chi connectivity index (χ2n) is 11.0. The van der Waals surface area contributed by atoms with Gasteiger partial charge in [0.25, 0.3) is 0 Å². The zero-order chi connectivity index (χ0) is 23.6. The fraction of sp³-hybridized carbons (Fsp3) is 0.962. The van der Waals surface area contributed by atoms with E-state index in [0.717, 1.165) is 25.8 Å². The summed E-state index contributed by atoms with van der Waals surface area (Å²) in [5, 5.41) is 21.0. The maximum absolute atomic E-state index is 11.9. The van der Waals surface area contributed by atoms with Gasteiger partial charge in [-0.25, -0.2) is 0 Å². The summed E-state index contributed by atoms with van der Waals surface area (Å²) in [7, 11) is 0. The molecule has 3 N–H and O–H groups in total. The van der Waals surface area contributed by atoms with Gasteiger partial charge in [0, 0.05) is 12.5 Å². The van der Waals surface area contributed by atoms with Gasteiger partial charge in [0.2, 0.25) is 5.91 Å². The Labute approximate surface area is 191 Å². The third-order valence-corrected chi connectivity index (χ3v) is 7.81. The molecule has 2 saturated carbocycles. The topological polar surface area (TPSA) is 78.8 Å². The van der Waals surface area contributed by atoms with Crippen molar-refractivity contribution >= 4 is 5.91 Å². The van der Waals surface area contributed by atoms with Crippen LogP contribution in [0.25, 0.3) is 0 Å². The Bertz CT molecular complexity index is 510. The minimum Gasteiger partial charge on any atom is -0.394 e. The van der Waals surface area contributed by atoms with Crippen LogP contribution in [-0.2, 0) is 9.53 Å². The molecule has 0 radical (unpaired) electrons. The normalized spacial score (nSPS) is 32.4. The van der Waals surface area contributed by atoms with Crippen molar-refractivity contribution in [3.8, 4) is 0 Å². The number of hydrogen-bond donors (Lipinski definition) is 3. The lowest BCUT2D eigenvalue weighted by Crippen LogP contribution is -2.40. The molecule has 0 aromatic rings. The van der Waals surface area contributed by atoms with E-state index in [9.17, 15) is 9.90 Å². The third kappa shape index (κ3) is 9.39. The van der Waals surface area contributed by atoms with Gasteiger partial charge in [-0.05, 0) is 68.1 Å². The summed E-state index contributed by atoms with van der Waals surface area (Å²) in [5.74, 6) is 3.14. The second kappa shape index (κ2) is 13.8. The number of carbonyl (C=O) groups excluding carboxylic acids is 1. The number of amides is 1. The predicted octanol–water partition coefficient (Wildman–Crippen LogP) is 4.79. The fourth-order valence-electron chi connectivity index (χ4n) is 5.23. The van der Waals surface area contributed by atoms with Crippen molar-refractivity contribution in [1.29, 1.82) is 0 Å². The van der Waals surface area contributed by atoms with E-state index < -0.39 is 6.10 Å². The minimum atomic E-state index is -0.729. The molecular weight excluding hydrogens is 390 g/mol. The highest BCUT2D eigenvalue weighted by atomic mass is 16.5. The number of hydrogen-bond acceptors (Lipinski definition) is 4. The van der Waals surface area contributed by atoms with Crippen LogP contribution in [0.4, 0.5) is 0 Å². The van der Waals surface area contributed by atoms with Gasteiger partial charge in [0.15, 0.2) is 0 Å². The molecule has 2 rings (SSSR count). The maximum atomic E-state index is 11.9. The Balaban J connectivity index is 0.000000311. The molecule has 2 aliphatic rings. The van der Waals surface area contributed by atoms with Crippen LogP contribution in [0.5, 0.6) is 0 Å². The number of rotatable bonds is 8. The van der Waals surface area contributed by atoms with Gasteiger partial charge >= 0.3 is 0 Å². The number of nitrogens with one attached hydrogen (secondary N) is 1. The summed E-state index contributed by atoms with van der Waals surface area (Å²) in [5.41, 5.74) is 0.368. The van der Waals surface area contributed by atoms with Crippen molar-refractivity contribution in [2.75, 3.05) is 19.8 Å². The van der Waals surface area contributed by atoms with E-state index in [1.165, 1.54) is 25.7 Å². The van der Waals surface area contributed by atoms with Gasteiger partial charge in [-0.15, -0.1) is 0 Å². The van der Waals surface area contributed by atoms with E-state index in [0.29, 0.717) is 29.1 Å². The molecule has 2 fully saturated rings. The van der Waals surface area contributed by atoms with Gasteiger partial charge in [-0.3, -0.25) is 4.79 Å². The first-order valence-corrected chi connectivity index (χ1v) is 12.7. The monoisotopic (exact) mass is 441 g/mol. The van der Waals surface area contributed by atoms with Crippen LogP contribution in [0.3, 0.4) is 0 Å². The summed E-state index contributed by atoms with van der Waals surface area (Å²) < 4.78 is 5.67. The van der Waals surface area contributed by atoms with Crippen molar-refractivity contribution in [3.05, 3.63) is 0 Å². The zero-order valence-electron chi connectivity index (χ0n) is 21.3. The highest BCUT2D eigenvalue weighted by Crippen LogP contribution is 2.43. The number of ether oxygens (including phenoxy) is 1. The molecule has 5 nitrogen and oxygen atoms in total. The first kappa shape index (κ1) is 28.4. The standard InChI is InChI=1S/C13H25NO.C13H26O3/c1-5-14-13(15)12-8-10(4)6-7-11(12)9(2)3;1-10(2)13(3)6-4-5-12(7-13)16-9-11(15)8-14/h9-12H,5-8H2,1-4H3,(H,14,15);10-12,14-15H,4-9H2,1-3H3. The Hall–Kier alpha value is -0.650. The zero-order valence-corrected chi connectivity index (χ0v) is 21.3. The molecule has 0 bridgehead atoms. The van der Waals surface area contributed by atoms with E-state index in [4.69, 9.17) is 9.84 Å². The van der Waals surface area contributed by atoms with Crippen LogP contribution in [0.1, 0.15) is 93.4 Å². The molecule has 5 heteroatoms. The van der Waals surface area contributed by atoms with Crippen LogP contribution in [0.2, 0.25) is 0 Å². The molecule has 0 aromatic carbocycles. The summed E-state index contributed by atoms with van der Waals surface area (Å²) in [4.78, 5) is 11.9. The quantitative estimate of drug-likeness (QED) is 0.506. The molecule has 0 aromatic heterocycles. The second-order valence-corrected chi connectivity index (χ2v) is 11.0. The molecule has 31 heavy (non-hydrogen) atoms. The van der Waals surface area contributed by atoms with Crippen molar-refractivity contribution in [2.45, 2.75) is 106 Å². The molecule has 184 valence electrons. The third-order valence-electron chi connectivity index (χ3n) is 7.81. The van der Waals surface area contributed by atoms with E-state index in [2.05, 4.69) is 46.9 Å². The SMILES string of the molecule is CC(C)C1(C)CCCC(OCC(O)CO)C1.CCNC(=O)C1CC(C)CCC1C(C)C. The van der Waals surface area contributed by atoms with Gasteiger partial charge in [-0.2, -0.15) is 0 Å². The van der Waals surface area contributed by atoms with Crippen molar-refractivity contribution < 1.29 is 19.7 Å². The van der Waals surface area contributed by atoms with Crippen LogP contribution in [0.15, 0.2) is 0 Å². The molecule has 0 aliphatic heterocycles. The van der Waals surface area contributed by atoms with Gasteiger partial charge in [0.1, 0.15) is 6.10 Å². The lowest BCUT2D eigenvalue weighted by molar-refractivity contribution is -0.129. The molecule has 0 heterocycles. The molecule has 1 amide bonds. The first-order valence-electron chi connectivity index (χ1n) is 12.7. The van der Waals surface area contributed by atoms with Gasteiger partial charge < -0.3 is 20.3 Å². The first-order chi connectivity index (χ1) is 14.5. The van der Waals surface area contributed by atoms with Gasteiger partial charge in [-0.1, -0.05) is 54.4 Å². The smallest absolute Gasteiger partial charge is 0.223 e. The summed E-state index contributed by atoms with van der Waals surface area (Å²) >= 11 is 0. The molecule has 6 unspecified atom stereocenters. The molecular formula is C26H51NO4. The lowest BCUT2D eigenvalue weighted by Gasteiger charge is -2.41. The van der Waals surface area contributed by atoms with Crippen molar-refractivity contribution in [1.82, 2.24) is 5.32 Å². The molecule has 0 saturated heterocycles. The van der Waals surface area contributed by atoms with Crippen LogP contribution >= 0.6 is 0 Å². The Morgan fingerprint density at radius 1 is 1.19 bits per heavy atom. The van der Waals surface area contributed by atoms with Crippen LogP contribution in [-0.4, -0.2) is 48.1 Å². The predicted molar refractivity (Wildman–Crippen MR) is 128 cm³/mol. The average molecular weight is 442 g/mol. The number of aliphatic hydroxyl groups excluding tert-OH is 2. The van der Waals surface area contributed by atoms with Crippen LogP contribution < -0.4 is 5.32 Å². The van der Waals surface area contributed by atoms with Crippen LogP contribution in [0, 0.1) is 35.0 Å². The number of aliphatic hydroxyl groups is 2. The molecule has 2 aliphatic carbocycles. The lowest BCUT2D eigenvalue weighted by atomic mass is 9.67. The minimum absolute atomic E-state index is 0.214. The average Bonchev–Trinajstić information content (AvgIpc) is 2.72. The van der Waals surface area contributed by atoms with E-state index in [1.807, 2.05) is 6.92 Å². The van der Waals surface area contributed by atoms with Crippen molar-refractivity contribution in [2.24, 2.45) is 35.0 Å². The molecule has 6 atom stereocenters. The van der Waals surface area contributed by atoms with E-state index in [-0.39, 0.29) is 31.1 Å². The Morgan fingerprint density at radius 3 is 2.42 bits per heavy atom. The van der Waals surface area contributed by atoms with Crippen molar-refractivity contribution in [3.63, 3.8) is 0 Å². The summed E-state index contributed by atoms with van der Waals surface area (Å²) in [6.45, 7) is 16.4.